The highest BCUT2D eigenvalue weighted by atomic mass is 16.2. The fraction of sp³-hybridized carbons (Fsp3) is 0.348. The lowest BCUT2D eigenvalue weighted by atomic mass is 9.94. The molecule has 4 nitrogen and oxygen atoms in total. The molecule has 0 unspecified atom stereocenters. The van der Waals surface area contributed by atoms with E-state index in [1.165, 1.54) is 18.4 Å². The second-order valence-corrected chi connectivity index (χ2v) is 7.99. The average Bonchev–Trinajstić information content (AvgIpc) is 2.93. The number of fused-ring (bicyclic) bond motifs is 5. The van der Waals surface area contributed by atoms with Crippen LogP contribution in [-0.2, 0) is 6.54 Å². The minimum atomic E-state index is 0.143. The third kappa shape index (κ3) is 3.26. The second kappa shape index (κ2) is 6.86. The van der Waals surface area contributed by atoms with Crippen molar-refractivity contribution in [1.82, 2.24) is 14.8 Å². The molecule has 0 aliphatic carbocycles. The summed E-state index contributed by atoms with van der Waals surface area (Å²) >= 11 is 0. The fourth-order valence-corrected chi connectivity index (χ4v) is 4.72. The Morgan fingerprint density at radius 2 is 1.78 bits per heavy atom. The van der Waals surface area contributed by atoms with Gasteiger partial charge in [0, 0.05) is 43.1 Å². The molecule has 4 heterocycles. The molecule has 2 aromatic carbocycles. The molecule has 138 valence electrons. The highest BCUT2D eigenvalue weighted by Crippen LogP contribution is 2.30. The number of para-hydroxylation sites is 1. The van der Waals surface area contributed by atoms with Crippen LogP contribution in [0.4, 0.5) is 0 Å². The molecule has 3 aromatic rings. The highest BCUT2D eigenvalue weighted by molar-refractivity contribution is 5.98. The molecule has 0 saturated carbocycles. The van der Waals surface area contributed by atoms with E-state index in [4.69, 9.17) is 0 Å². The SMILES string of the molecule is O=C(c1cc2ccccc2[nH]1)N1C[C@@H]2CC[C@H](C1)N(Cc1ccccc1)C2. The van der Waals surface area contributed by atoms with Crippen molar-refractivity contribution in [2.75, 3.05) is 19.6 Å². The molecular weight excluding hydrogens is 334 g/mol. The number of hydrogen-bond donors (Lipinski definition) is 1. The van der Waals surface area contributed by atoms with Crippen molar-refractivity contribution in [1.29, 1.82) is 0 Å². The number of piperidine rings is 1. The predicted molar refractivity (Wildman–Crippen MR) is 108 cm³/mol. The number of nitrogens with one attached hydrogen (secondary N) is 1. The van der Waals surface area contributed by atoms with E-state index >= 15 is 0 Å². The minimum absolute atomic E-state index is 0.143. The molecule has 1 amide bonds. The van der Waals surface area contributed by atoms with E-state index in [1.807, 2.05) is 24.3 Å². The van der Waals surface area contributed by atoms with Crippen molar-refractivity contribution in [3.05, 3.63) is 71.9 Å². The Labute approximate surface area is 159 Å². The molecule has 1 aromatic heterocycles. The molecule has 1 N–H and O–H groups in total. The first kappa shape index (κ1) is 16.6. The van der Waals surface area contributed by atoms with Gasteiger partial charge in [-0.3, -0.25) is 9.69 Å². The molecule has 3 aliphatic rings. The molecule has 0 radical (unpaired) electrons. The van der Waals surface area contributed by atoms with Gasteiger partial charge in [-0.1, -0.05) is 48.5 Å². The maximum atomic E-state index is 13.2. The number of benzene rings is 2. The Kier molecular flexibility index (Phi) is 4.21. The van der Waals surface area contributed by atoms with Crippen LogP contribution in [-0.4, -0.2) is 46.4 Å². The number of carbonyl (C=O) groups is 1. The molecule has 3 saturated heterocycles. The number of amides is 1. The molecule has 3 aliphatic heterocycles. The number of H-pyrrole nitrogens is 1. The normalized spacial score (nSPS) is 22.9. The summed E-state index contributed by atoms with van der Waals surface area (Å²) in [6.07, 6.45) is 2.42. The van der Waals surface area contributed by atoms with Crippen LogP contribution in [0.25, 0.3) is 10.9 Å². The topological polar surface area (TPSA) is 39.3 Å². The van der Waals surface area contributed by atoms with Crippen LogP contribution in [0.15, 0.2) is 60.7 Å². The first-order chi connectivity index (χ1) is 13.3. The smallest absolute Gasteiger partial charge is 0.270 e. The van der Waals surface area contributed by atoms with Crippen molar-refractivity contribution >= 4 is 16.8 Å². The Hall–Kier alpha value is -2.59. The van der Waals surface area contributed by atoms with E-state index in [1.54, 1.807) is 0 Å². The zero-order chi connectivity index (χ0) is 18.2. The molecule has 3 fully saturated rings. The van der Waals surface area contributed by atoms with Crippen molar-refractivity contribution < 1.29 is 4.79 Å². The van der Waals surface area contributed by atoms with Gasteiger partial charge in [0.1, 0.15) is 5.69 Å². The Bertz CT molecular complexity index is 915. The van der Waals surface area contributed by atoms with Crippen LogP contribution >= 0.6 is 0 Å². The third-order valence-corrected chi connectivity index (χ3v) is 6.10. The van der Waals surface area contributed by atoms with Crippen LogP contribution in [0.1, 0.15) is 28.9 Å². The van der Waals surface area contributed by atoms with E-state index in [2.05, 4.69) is 51.2 Å². The van der Waals surface area contributed by atoms with Crippen molar-refractivity contribution in [2.24, 2.45) is 5.92 Å². The van der Waals surface area contributed by atoms with Gasteiger partial charge in [-0.2, -0.15) is 0 Å². The monoisotopic (exact) mass is 359 g/mol. The van der Waals surface area contributed by atoms with E-state index in [0.29, 0.717) is 17.7 Å². The summed E-state index contributed by atoms with van der Waals surface area (Å²) in [6.45, 7) is 3.78. The zero-order valence-electron chi connectivity index (χ0n) is 15.5. The number of aromatic nitrogens is 1. The molecule has 4 heteroatoms. The van der Waals surface area contributed by atoms with Gasteiger partial charge in [-0.15, -0.1) is 0 Å². The molecule has 2 bridgehead atoms. The van der Waals surface area contributed by atoms with Gasteiger partial charge in [0.15, 0.2) is 0 Å². The molecule has 2 atom stereocenters. The standard InChI is InChI=1S/C23H25N3O/c27-23(22-12-19-8-4-5-9-21(19)24-22)26-15-18-10-11-20(16-26)25(14-18)13-17-6-2-1-3-7-17/h1-9,12,18,20,24H,10-11,13-16H2/t18-,20-/m1/s1. The lowest BCUT2D eigenvalue weighted by molar-refractivity contribution is 0.0731. The van der Waals surface area contributed by atoms with Gasteiger partial charge in [-0.05, 0) is 36.5 Å². The van der Waals surface area contributed by atoms with E-state index in [-0.39, 0.29) is 5.91 Å². The first-order valence-corrected chi connectivity index (χ1v) is 9.91. The Balaban J connectivity index is 1.35. The van der Waals surface area contributed by atoms with Gasteiger partial charge in [0.05, 0.1) is 0 Å². The van der Waals surface area contributed by atoms with E-state index < -0.39 is 0 Å². The molecule has 0 spiro atoms. The van der Waals surface area contributed by atoms with Crippen LogP contribution in [0.2, 0.25) is 0 Å². The van der Waals surface area contributed by atoms with Gasteiger partial charge in [0.2, 0.25) is 0 Å². The second-order valence-electron chi connectivity index (χ2n) is 7.99. The predicted octanol–water partition coefficient (Wildman–Crippen LogP) is 3.90. The van der Waals surface area contributed by atoms with Crippen molar-refractivity contribution in [3.8, 4) is 0 Å². The minimum Gasteiger partial charge on any atom is -0.351 e. The largest absolute Gasteiger partial charge is 0.351 e. The Morgan fingerprint density at radius 3 is 2.63 bits per heavy atom. The summed E-state index contributed by atoms with van der Waals surface area (Å²) in [5, 5.41) is 1.10. The lowest BCUT2D eigenvalue weighted by Crippen LogP contribution is -2.43. The number of carbonyl (C=O) groups excluding carboxylic acids is 1. The highest BCUT2D eigenvalue weighted by Gasteiger charge is 2.36. The number of hydrogen-bond acceptors (Lipinski definition) is 2. The van der Waals surface area contributed by atoms with E-state index in [0.717, 1.165) is 37.1 Å². The zero-order valence-corrected chi connectivity index (χ0v) is 15.5. The third-order valence-electron chi connectivity index (χ3n) is 6.10. The van der Waals surface area contributed by atoms with Gasteiger partial charge < -0.3 is 9.88 Å². The Morgan fingerprint density at radius 1 is 0.963 bits per heavy atom. The molecular formula is C23H25N3O. The van der Waals surface area contributed by atoms with Crippen LogP contribution < -0.4 is 0 Å². The average molecular weight is 359 g/mol. The van der Waals surface area contributed by atoms with Crippen molar-refractivity contribution in [2.45, 2.75) is 25.4 Å². The lowest BCUT2D eigenvalue weighted by Gasteiger charge is -2.36. The summed E-state index contributed by atoms with van der Waals surface area (Å²) in [4.78, 5) is 21.2. The number of rotatable bonds is 3. The molecule has 27 heavy (non-hydrogen) atoms. The summed E-state index contributed by atoms with van der Waals surface area (Å²) < 4.78 is 0. The maximum Gasteiger partial charge on any atom is 0.270 e. The number of nitrogens with zero attached hydrogens (tertiary/aromatic N) is 2. The van der Waals surface area contributed by atoms with Gasteiger partial charge in [-0.25, -0.2) is 0 Å². The quantitative estimate of drug-likeness (QED) is 0.770. The summed E-state index contributed by atoms with van der Waals surface area (Å²) in [5.74, 6) is 0.713. The number of aromatic amines is 1. The van der Waals surface area contributed by atoms with Crippen LogP contribution in [0.3, 0.4) is 0 Å². The maximum absolute atomic E-state index is 13.2. The fourth-order valence-electron chi connectivity index (χ4n) is 4.72. The van der Waals surface area contributed by atoms with Crippen LogP contribution in [0.5, 0.6) is 0 Å². The first-order valence-electron chi connectivity index (χ1n) is 9.91. The van der Waals surface area contributed by atoms with Gasteiger partial charge >= 0.3 is 0 Å². The van der Waals surface area contributed by atoms with Gasteiger partial charge in [0.25, 0.3) is 5.91 Å². The summed E-state index contributed by atoms with van der Waals surface area (Å²) in [5.41, 5.74) is 3.11. The summed E-state index contributed by atoms with van der Waals surface area (Å²) in [7, 11) is 0. The van der Waals surface area contributed by atoms with E-state index in [9.17, 15) is 4.79 Å². The van der Waals surface area contributed by atoms with Crippen LogP contribution in [0, 0.1) is 5.92 Å². The molecule has 6 rings (SSSR count). The van der Waals surface area contributed by atoms with Crippen molar-refractivity contribution in [3.63, 3.8) is 0 Å². The summed E-state index contributed by atoms with van der Waals surface area (Å²) in [6, 6.07) is 21.2.